The molecule has 0 saturated heterocycles. The molecule has 0 unspecified atom stereocenters. The van der Waals surface area contributed by atoms with E-state index in [2.05, 4.69) is 44.5 Å². The Balaban J connectivity index is 1.44. The van der Waals surface area contributed by atoms with Crippen LogP contribution in [-0.4, -0.2) is 39.0 Å². The molecule has 7 heteroatoms. The minimum Gasteiger partial charge on any atom is -0.481 e. The molecule has 0 amide bonds. The van der Waals surface area contributed by atoms with Crippen LogP contribution in [0, 0.1) is 0 Å². The van der Waals surface area contributed by atoms with Gasteiger partial charge in [-0.15, -0.1) is 0 Å². The molecule has 128 valence electrons. The van der Waals surface area contributed by atoms with Gasteiger partial charge >= 0.3 is 5.97 Å². The van der Waals surface area contributed by atoms with E-state index in [0.717, 1.165) is 53.1 Å². The fraction of sp³-hybridized carbons (Fsp3) is 0.278. The number of carbonyl (C=O) groups is 1. The topological polar surface area (TPSA) is 78.4 Å². The minimum atomic E-state index is -0.749. The van der Waals surface area contributed by atoms with Crippen LogP contribution in [0.4, 0.5) is 11.5 Å². The van der Waals surface area contributed by atoms with Crippen LogP contribution in [0.15, 0.2) is 52.2 Å². The molecular weight excluding hydrogens is 336 g/mol. The summed E-state index contributed by atoms with van der Waals surface area (Å²) in [7, 11) is 0. The van der Waals surface area contributed by atoms with Crippen LogP contribution in [0.2, 0.25) is 0 Å². The van der Waals surface area contributed by atoms with Gasteiger partial charge in [-0.3, -0.25) is 9.69 Å². The molecule has 0 spiro atoms. The predicted molar refractivity (Wildman–Crippen MR) is 96.1 cm³/mol. The lowest BCUT2D eigenvalue weighted by molar-refractivity contribution is -0.136. The van der Waals surface area contributed by atoms with Crippen molar-refractivity contribution in [3.63, 3.8) is 0 Å². The Bertz CT molecular complexity index is 853. The number of benzene rings is 1. The number of anilines is 2. The third-order valence-corrected chi connectivity index (χ3v) is 5.41. The minimum absolute atomic E-state index is 0.161. The molecule has 2 N–H and O–H groups in total. The molecule has 6 nitrogen and oxygen atoms in total. The van der Waals surface area contributed by atoms with Gasteiger partial charge in [0.15, 0.2) is 5.82 Å². The van der Waals surface area contributed by atoms with Crippen LogP contribution in [-0.2, 0) is 11.3 Å². The van der Waals surface area contributed by atoms with Gasteiger partial charge in [0.2, 0.25) is 0 Å². The highest BCUT2D eigenvalue weighted by atomic mass is 32.2. The molecule has 2 aliphatic heterocycles. The second-order valence-electron chi connectivity index (χ2n) is 6.19. The Hall–Kier alpha value is -2.38. The fourth-order valence-corrected chi connectivity index (χ4v) is 3.97. The van der Waals surface area contributed by atoms with Gasteiger partial charge in [-0.1, -0.05) is 29.5 Å². The standard InChI is InChI=1S/C18H18N4O2S/c23-16(24)10-12-3-7-22(8-4-12)11-13-1-2-15-14(9-13)21-17-18(25-15)20-6-5-19-17/h1-3,5-6,9H,4,7-8,10-11H2,(H,19,21)(H,23,24). The zero-order valence-electron chi connectivity index (χ0n) is 13.6. The number of hydrogen-bond donors (Lipinski definition) is 2. The third kappa shape index (κ3) is 3.67. The van der Waals surface area contributed by atoms with Crippen molar-refractivity contribution in [2.75, 3.05) is 18.4 Å². The molecule has 2 aromatic rings. The van der Waals surface area contributed by atoms with E-state index < -0.39 is 5.97 Å². The number of aromatic nitrogens is 2. The van der Waals surface area contributed by atoms with Crippen molar-refractivity contribution >= 4 is 29.2 Å². The molecular formula is C18H18N4O2S. The molecule has 0 aliphatic carbocycles. The van der Waals surface area contributed by atoms with Crippen LogP contribution in [0.1, 0.15) is 18.4 Å². The number of fused-ring (bicyclic) bond motifs is 2. The molecule has 0 radical (unpaired) electrons. The molecule has 0 bridgehead atoms. The van der Waals surface area contributed by atoms with E-state index in [1.54, 1.807) is 24.2 Å². The van der Waals surface area contributed by atoms with Crippen molar-refractivity contribution < 1.29 is 9.90 Å². The van der Waals surface area contributed by atoms with E-state index >= 15 is 0 Å². The Morgan fingerprint density at radius 2 is 2.20 bits per heavy atom. The quantitative estimate of drug-likeness (QED) is 0.696. The molecule has 4 rings (SSSR count). The van der Waals surface area contributed by atoms with Gasteiger partial charge in [0.25, 0.3) is 0 Å². The van der Waals surface area contributed by atoms with E-state index in [0.29, 0.717) is 0 Å². The first-order valence-electron chi connectivity index (χ1n) is 8.18. The van der Waals surface area contributed by atoms with Crippen LogP contribution >= 0.6 is 11.8 Å². The predicted octanol–water partition coefficient (Wildman–Crippen LogP) is 3.29. The second kappa shape index (κ2) is 6.85. The average molecular weight is 354 g/mol. The maximum Gasteiger partial charge on any atom is 0.307 e. The number of rotatable bonds is 4. The molecule has 0 fully saturated rings. The molecule has 0 saturated carbocycles. The van der Waals surface area contributed by atoms with Gasteiger partial charge in [0.05, 0.1) is 12.1 Å². The molecule has 1 aromatic carbocycles. The maximum atomic E-state index is 10.8. The molecule has 3 heterocycles. The van der Waals surface area contributed by atoms with E-state index in [1.807, 2.05) is 0 Å². The third-order valence-electron chi connectivity index (χ3n) is 4.34. The average Bonchev–Trinajstić information content (AvgIpc) is 2.61. The van der Waals surface area contributed by atoms with Crippen molar-refractivity contribution in [2.45, 2.75) is 29.3 Å². The molecule has 2 aliphatic rings. The monoisotopic (exact) mass is 354 g/mol. The summed E-state index contributed by atoms with van der Waals surface area (Å²) >= 11 is 1.63. The van der Waals surface area contributed by atoms with Gasteiger partial charge in [0, 0.05) is 36.9 Å². The molecule has 25 heavy (non-hydrogen) atoms. The fourth-order valence-electron chi connectivity index (χ4n) is 3.09. The normalized spacial score (nSPS) is 16.4. The smallest absolute Gasteiger partial charge is 0.307 e. The van der Waals surface area contributed by atoms with Crippen LogP contribution in [0.5, 0.6) is 0 Å². The Kier molecular flexibility index (Phi) is 4.42. The molecule has 1 aromatic heterocycles. The lowest BCUT2D eigenvalue weighted by Gasteiger charge is -2.26. The Morgan fingerprint density at radius 1 is 1.32 bits per heavy atom. The van der Waals surface area contributed by atoms with Crippen molar-refractivity contribution in [1.29, 1.82) is 0 Å². The summed E-state index contributed by atoms with van der Waals surface area (Å²) < 4.78 is 0. The van der Waals surface area contributed by atoms with E-state index in [4.69, 9.17) is 5.11 Å². The number of carboxylic acids is 1. The number of carboxylic acid groups (broad SMARTS) is 1. The van der Waals surface area contributed by atoms with Gasteiger partial charge in [0.1, 0.15) is 5.03 Å². The van der Waals surface area contributed by atoms with Gasteiger partial charge in [-0.25, -0.2) is 9.97 Å². The van der Waals surface area contributed by atoms with Crippen molar-refractivity contribution in [3.8, 4) is 0 Å². The SMILES string of the molecule is O=C(O)CC1=CCN(Cc2ccc3c(c2)Nc2nccnc2S3)CC1. The highest BCUT2D eigenvalue weighted by Crippen LogP contribution is 2.42. The van der Waals surface area contributed by atoms with E-state index in [-0.39, 0.29) is 6.42 Å². The first kappa shape index (κ1) is 16.1. The van der Waals surface area contributed by atoms with Crippen molar-refractivity contribution in [3.05, 3.63) is 47.8 Å². The highest BCUT2D eigenvalue weighted by molar-refractivity contribution is 7.99. The first-order valence-corrected chi connectivity index (χ1v) is 9.00. The van der Waals surface area contributed by atoms with Crippen LogP contribution < -0.4 is 5.32 Å². The largest absolute Gasteiger partial charge is 0.481 e. The zero-order valence-corrected chi connectivity index (χ0v) is 14.4. The van der Waals surface area contributed by atoms with E-state index in [9.17, 15) is 4.79 Å². The van der Waals surface area contributed by atoms with Gasteiger partial charge in [-0.05, 0) is 24.1 Å². The number of nitrogens with zero attached hydrogens (tertiary/aromatic N) is 3. The second-order valence-corrected chi connectivity index (χ2v) is 7.22. The van der Waals surface area contributed by atoms with E-state index in [1.165, 1.54) is 5.56 Å². The van der Waals surface area contributed by atoms with Gasteiger partial charge < -0.3 is 10.4 Å². The Morgan fingerprint density at radius 3 is 3.00 bits per heavy atom. The summed E-state index contributed by atoms with van der Waals surface area (Å²) in [6.45, 7) is 2.55. The maximum absolute atomic E-state index is 10.8. The Labute approximate surface area is 150 Å². The summed E-state index contributed by atoms with van der Waals surface area (Å²) in [5.41, 5.74) is 3.33. The van der Waals surface area contributed by atoms with Crippen molar-refractivity contribution in [2.24, 2.45) is 0 Å². The lowest BCUT2D eigenvalue weighted by atomic mass is 10.0. The number of aliphatic carboxylic acids is 1. The zero-order chi connectivity index (χ0) is 17.2. The lowest BCUT2D eigenvalue weighted by Crippen LogP contribution is -2.28. The summed E-state index contributed by atoms with van der Waals surface area (Å²) in [5.74, 6) is 0.0534. The number of hydrogen-bond acceptors (Lipinski definition) is 6. The summed E-state index contributed by atoms with van der Waals surface area (Å²) in [5, 5.41) is 13.1. The first-order chi connectivity index (χ1) is 12.2. The summed E-state index contributed by atoms with van der Waals surface area (Å²) in [4.78, 5) is 23.0. The van der Waals surface area contributed by atoms with Crippen LogP contribution in [0.3, 0.4) is 0 Å². The van der Waals surface area contributed by atoms with Crippen LogP contribution in [0.25, 0.3) is 0 Å². The molecule has 0 atom stereocenters. The highest BCUT2D eigenvalue weighted by Gasteiger charge is 2.19. The number of nitrogens with one attached hydrogen (secondary N) is 1. The summed E-state index contributed by atoms with van der Waals surface area (Å²) in [6.07, 6.45) is 6.43. The van der Waals surface area contributed by atoms with Crippen molar-refractivity contribution in [1.82, 2.24) is 14.9 Å². The summed E-state index contributed by atoms with van der Waals surface area (Å²) in [6, 6.07) is 6.43. The van der Waals surface area contributed by atoms with Gasteiger partial charge in [-0.2, -0.15) is 0 Å².